The summed E-state index contributed by atoms with van der Waals surface area (Å²) in [6, 6.07) is 0. The van der Waals surface area contributed by atoms with E-state index in [1.807, 2.05) is 0 Å². The van der Waals surface area contributed by atoms with Crippen molar-refractivity contribution < 1.29 is 29.6 Å². The summed E-state index contributed by atoms with van der Waals surface area (Å²) in [5.41, 5.74) is -1.95. The number of hydrogen-bond donors (Lipinski definition) is 3. The van der Waals surface area contributed by atoms with E-state index in [-0.39, 0.29) is 23.0 Å². The van der Waals surface area contributed by atoms with Gasteiger partial charge in [0.2, 0.25) is 5.79 Å². The molecule has 4 saturated heterocycles. The molecule has 7 bridgehead atoms. The normalized spacial score (nSPS) is 64.0. The van der Waals surface area contributed by atoms with Crippen LogP contribution in [0.25, 0.3) is 0 Å². The van der Waals surface area contributed by atoms with Gasteiger partial charge < -0.3 is 24.8 Å². The van der Waals surface area contributed by atoms with E-state index < -0.39 is 47.1 Å². The van der Waals surface area contributed by atoms with E-state index in [2.05, 4.69) is 20.4 Å². The fourth-order valence-corrected chi connectivity index (χ4v) is 8.49. The molecule has 4 saturated carbocycles. The molecular formula is C20H26O6. The van der Waals surface area contributed by atoms with Gasteiger partial charge in [-0.15, -0.1) is 0 Å². The lowest BCUT2D eigenvalue weighted by molar-refractivity contribution is -0.554. The summed E-state index contributed by atoms with van der Waals surface area (Å²) in [5, 5.41) is 34.3. The average Bonchev–Trinajstić information content (AvgIpc) is 2.70. The van der Waals surface area contributed by atoms with Crippen molar-refractivity contribution in [3.8, 4) is 0 Å². The summed E-state index contributed by atoms with van der Waals surface area (Å²) in [6.07, 6.45) is -0.195. The highest BCUT2D eigenvalue weighted by Gasteiger charge is 2.92. The molecular weight excluding hydrogens is 336 g/mol. The molecule has 4 aliphatic heterocycles. The van der Waals surface area contributed by atoms with E-state index in [4.69, 9.17) is 9.47 Å². The first-order chi connectivity index (χ1) is 12.1. The molecule has 10 atom stereocenters. The van der Waals surface area contributed by atoms with Crippen LogP contribution in [0.5, 0.6) is 0 Å². The molecule has 8 aliphatic rings. The van der Waals surface area contributed by atoms with E-state index >= 15 is 0 Å². The van der Waals surface area contributed by atoms with Gasteiger partial charge in [-0.05, 0) is 30.3 Å². The Bertz CT molecular complexity index is 761. The molecule has 4 heterocycles. The minimum atomic E-state index is -2.03. The monoisotopic (exact) mass is 362 g/mol. The van der Waals surface area contributed by atoms with Crippen molar-refractivity contribution in [2.24, 2.45) is 34.0 Å². The molecule has 3 N–H and O–H groups in total. The quantitative estimate of drug-likeness (QED) is 0.550. The van der Waals surface area contributed by atoms with Gasteiger partial charge in [0.15, 0.2) is 12.1 Å². The van der Waals surface area contributed by atoms with Crippen molar-refractivity contribution >= 4 is 5.78 Å². The van der Waals surface area contributed by atoms with Crippen LogP contribution < -0.4 is 0 Å². The molecule has 6 heteroatoms. The second-order valence-corrected chi connectivity index (χ2v) is 10.2. The van der Waals surface area contributed by atoms with Gasteiger partial charge in [-0.3, -0.25) is 4.79 Å². The standard InChI is InChI=1S/C20H26O6/c1-8-9-7-10(21)11-18-6-4-5-17(2,3)12(18)14(23)20(24)19(11,13(8)22)15(9)25-16(18)26-20/h9-12,14-16,21,23-24H,1,4-7H2,2-3H3/t9-,10-,11-,12+,14-,15+,16-,18+,19-,20-/m0/s1. The number of carbonyl (C=O) groups excluding carboxylic acids is 1. The molecule has 2 spiro atoms. The van der Waals surface area contributed by atoms with Crippen LogP contribution in [-0.4, -0.2) is 51.5 Å². The molecule has 0 unspecified atom stereocenters. The number of ether oxygens (including phenoxy) is 2. The van der Waals surface area contributed by atoms with Gasteiger partial charge in [0.25, 0.3) is 0 Å². The predicted octanol–water partition coefficient (Wildman–Crippen LogP) is 0.740. The third-order valence-electron chi connectivity index (χ3n) is 9.04. The van der Waals surface area contributed by atoms with Crippen LogP contribution in [0.4, 0.5) is 0 Å². The lowest BCUT2D eigenvalue weighted by Gasteiger charge is -2.79. The van der Waals surface area contributed by atoms with Gasteiger partial charge in [0.1, 0.15) is 11.5 Å². The highest BCUT2D eigenvalue weighted by atomic mass is 16.8. The second-order valence-electron chi connectivity index (χ2n) is 10.2. The maximum atomic E-state index is 13.5. The number of aliphatic hydroxyl groups is 3. The molecule has 142 valence electrons. The molecule has 4 aliphatic carbocycles. The third-order valence-corrected chi connectivity index (χ3v) is 9.04. The Hall–Kier alpha value is -0.790. The smallest absolute Gasteiger partial charge is 0.211 e. The molecule has 0 radical (unpaired) electrons. The van der Waals surface area contributed by atoms with Crippen molar-refractivity contribution in [1.29, 1.82) is 0 Å². The van der Waals surface area contributed by atoms with Crippen LogP contribution in [0, 0.1) is 34.0 Å². The van der Waals surface area contributed by atoms with E-state index in [0.717, 1.165) is 19.3 Å². The van der Waals surface area contributed by atoms with E-state index in [1.54, 1.807) is 0 Å². The maximum Gasteiger partial charge on any atom is 0.211 e. The second kappa shape index (κ2) is 4.13. The Morgan fingerprint density at radius 2 is 1.92 bits per heavy atom. The Kier molecular flexibility index (Phi) is 2.57. The van der Waals surface area contributed by atoms with Crippen LogP contribution >= 0.6 is 0 Å². The van der Waals surface area contributed by atoms with Crippen LogP contribution in [0.2, 0.25) is 0 Å². The zero-order chi connectivity index (χ0) is 18.4. The first kappa shape index (κ1) is 16.2. The molecule has 26 heavy (non-hydrogen) atoms. The summed E-state index contributed by atoms with van der Waals surface area (Å²) in [7, 11) is 0. The summed E-state index contributed by atoms with van der Waals surface area (Å²) in [5.74, 6) is -3.38. The van der Waals surface area contributed by atoms with Gasteiger partial charge in [0.05, 0.1) is 12.2 Å². The van der Waals surface area contributed by atoms with Crippen LogP contribution in [-0.2, 0) is 14.3 Å². The van der Waals surface area contributed by atoms with Gasteiger partial charge in [-0.1, -0.05) is 26.8 Å². The number of aliphatic hydroxyl groups excluding tert-OH is 2. The lowest BCUT2D eigenvalue weighted by atomic mass is 9.34. The Morgan fingerprint density at radius 3 is 2.65 bits per heavy atom. The van der Waals surface area contributed by atoms with E-state index in [0.29, 0.717) is 12.0 Å². The Balaban J connectivity index is 1.70. The minimum Gasteiger partial charge on any atom is -0.393 e. The molecule has 0 aromatic rings. The SMILES string of the molecule is C=C1C(=O)[C@@]23[C@@H]4O[C@H]5O[C@@]2(O)[C@@H](O)[C@@H]2C(C)(C)CCC[C@]52[C@@H]3[C@@H](O)C[C@@H]14. The Labute approximate surface area is 152 Å². The van der Waals surface area contributed by atoms with Crippen molar-refractivity contribution in [3.63, 3.8) is 0 Å². The van der Waals surface area contributed by atoms with Crippen molar-refractivity contribution in [3.05, 3.63) is 12.2 Å². The molecule has 0 aromatic heterocycles. The highest BCUT2D eigenvalue weighted by molar-refractivity contribution is 6.05. The molecule has 0 aromatic carbocycles. The summed E-state index contributed by atoms with van der Waals surface area (Å²) < 4.78 is 12.3. The fraction of sp³-hybridized carbons (Fsp3) is 0.850. The summed E-state index contributed by atoms with van der Waals surface area (Å²) in [4.78, 5) is 13.5. The number of rotatable bonds is 0. The van der Waals surface area contributed by atoms with Crippen LogP contribution in [0.3, 0.4) is 0 Å². The Morgan fingerprint density at radius 1 is 1.19 bits per heavy atom. The number of ketones is 1. The third kappa shape index (κ3) is 1.21. The molecule has 6 nitrogen and oxygen atoms in total. The zero-order valence-electron chi connectivity index (χ0n) is 15.1. The largest absolute Gasteiger partial charge is 0.393 e. The van der Waals surface area contributed by atoms with E-state index in [9.17, 15) is 20.1 Å². The van der Waals surface area contributed by atoms with Gasteiger partial charge in [-0.25, -0.2) is 0 Å². The first-order valence-corrected chi connectivity index (χ1v) is 9.79. The van der Waals surface area contributed by atoms with Crippen molar-refractivity contribution in [1.82, 2.24) is 0 Å². The molecule has 0 amide bonds. The topological polar surface area (TPSA) is 96.2 Å². The van der Waals surface area contributed by atoms with E-state index in [1.165, 1.54) is 0 Å². The minimum absolute atomic E-state index is 0.249. The number of carbonyl (C=O) groups is 1. The zero-order valence-corrected chi connectivity index (χ0v) is 15.1. The number of hydrogen-bond acceptors (Lipinski definition) is 6. The first-order valence-electron chi connectivity index (χ1n) is 9.79. The van der Waals surface area contributed by atoms with Gasteiger partial charge in [0, 0.05) is 23.2 Å². The maximum absolute atomic E-state index is 13.5. The fourth-order valence-electron chi connectivity index (χ4n) is 8.49. The lowest BCUT2D eigenvalue weighted by Crippen LogP contribution is -2.91. The molecule has 8 rings (SSSR count). The van der Waals surface area contributed by atoms with Crippen molar-refractivity contribution in [2.75, 3.05) is 0 Å². The van der Waals surface area contributed by atoms with Crippen LogP contribution in [0.15, 0.2) is 12.2 Å². The summed E-state index contributed by atoms with van der Waals surface area (Å²) in [6.45, 7) is 8.16. The van der Waals surface area contributed by atoms with Crippen molar-refractivity contribution in [2.45, 2.75) is 69.9 Å². The average molecular weight is 362 g/mol. The predicted molar refractivity (Wildman–Crippen MR) is 88.4 cm³/mol. The summed E-state index contributed by atoms with van der Waals surface area (Å²) >= 11 is 0. The number of Topliss-reactive ketones (excluding diaryl/α,β-unsaturated/α-hetero) is 1. The molecule has 8 fully saturated rings. The van der Waals surface area contributed by atoms with Crippen LogP contribution in [0.1, 0.15) is 39.5 Å². The van der Waals surface area contributed by atoms with Gasteiger partial charge in [-0.2, -0.15) is 0 Å². The highest BCUT2D eigenvalue weighted by Crippen LogP contribution is 2.81. The van der Waals surface area contributed by atoms with Gasteiger partial charge >= 0.3 is 0 Å².